The second kappa shape index (κ2) is 9.88. The van der Waals surface area contributed by atoms with Crippen molar-refractivity contribution in [1.82, 2.24) is 9.62 Å². The number of hydrogen-bond acceptors (Lipinski definition) is 5. The maximum atomic E-state index is 12.5. The van der Waals surface area contributed by atoms with E-state index in [4.69, 9.17) is 10.00 Å². The van der Waals surface area contributed by atoms with Gasteiger partial charge in [0.25, 0.3) is 5.91 Å². The van der Waals surface area contributed by atoms with Gasteiger partial charge >= 0.3 is 0 Å². The number of sulfonamides is 1. The van der Waals surface area contributed by atoms with Gasteiger partial charge in [-0.3, -0.25) is 4.79 Å². The summed E-state index contributed by atoms with van der Waals surface area (Å²) in [7, 11) is -3.49. The number of carbonyl (C=O) groups excluding carboxylic acids is 1. The summed E-state index contributed by atoms with van der Waals surface area (Å²) in [6.45, 7) is 4.53. The first-order valence-electron chi connectivity index (χ1n) is 8.89. The Morgan fingerprint density at radius 2 is 1.68 bits per heavy atom. The Morgan fingerprint density at radius 1 is 1.07 bits per heavy atom. The van der Waals surface area contributed by atoms with E-state index in [0.717, 1.165) is 5.56 Å². The molecule has 1 N–H and O–H groups in total. The molecule has 148 valence electrons. The summed E-state index contributed by atoms with van der Waals surface area (Å²) >= 11 is 0. The molecule has 7 nitrogen and oxygen atoms in total. The van der Waals surface area contributed by atoms with E-state index in [1.807, 2.05) is 6.07 Å². The largest absolute Gasteiger partial charge is 0.484 e. The van der Waals surface area contributed by atoms with Gasteiger partial charge in [0.05, 0.1) is 16.5 Å². The summed E-state index contributed by atoms with van der Waals surface area (Å²) in [6, 6.07) is 14.9. The van der Waals surface area contributed by atoms with Gasteiger partial charge in [-0.2, -0.15) is 9.57 Å². The quantitative estimate of drug-likeness (QED) is 0.695. The summed E-state index contributed by atoms with van der Waals surface area (Å²) in [6.07, 6.45) is 0. The number of nitrogens with zero attached hydrogens (tertiary/aromatic N) is 2. The van der Waals surface area contributed by atoms with Crippen LogP contribution in [-0.4, -0.2) is 38.3 Å². The van der Waals surface area contributed by atoms with Crippen LogP contribution in [-0.2, 0) is 21.4 Å². The minimum Gasteiger partial charge on any atom is -0.484 e. The fraction of sp³-hybridized carbons (Fsp3) is 0.300. The number of rotatable bonds is 9. The van der Waals surface area contributed by atoms with Crippen LogP contribution >= 0.6 is 0 Å². The molecular weight excluding hydrogens is 378 g/mol. The second-order valence-corrected chi connectivity index (χ2v) is 7.87. The Hall–Kier alpha value is -2.89. The molecule has 1 amide bonds. The number of nitrogens with one attached hydrogen (secondary N) is 1. The summed E-state index contributed by atoms with van der Waals surface area (Å²) in [5.41, 5.74) is 1.30. The standard InChI is InChI=1S/C20H23N3O4S/c1-3-23(4-2)28(25,26)19-11-7-17(8-12-19)14-22-20(24)15-27-18-9-5-16(13-21)6-10-18/h5-12H,3-4,14-15H2,1-2H3,(H,22,24). The van der Waals surface area contributed by atoms with Crippen molar-refractivity contribution in [2.45, 2.75) is 25.3 Å². The zero-order valence-corrected chi connectivity index (χ0v) is 16.7. The van der Waals surface area contributed by atoms with E-state index >= 15 is 0 Å². The van der Waals surface area contributed by atoms with E-state index in [1.165, 1.54) is 4.31 Å². The monoisotopic (exact) mass is 401 g/mol. The molecule has 0 spiro atoms. The number of nitriles is 1. The average Bonchev–Trinajstić information content (AvgIpc) is 2.72. The zero-order valence-electron chi connectivity index (χ0n) is 15.9. The Morgan fingerprint density at radius 3 is 2.21 bits per heavy atom. The van der Waals surface area contributed by atoms with Crippen LogP contribution in [0.1, 0.15) is 25.0 Å². The molecule has 8 heteroatoms. The topological polar surface area (TPSA) is 99.5 Å². The van der Waals surface area contributed by atoms with Crippen molar-refractivity contribution in [3.63, 3.8) is 0 Å². The van der Waals surface area contributed by atoms with Gasteiger partial charge in [-0.15, -0.1) is 0 Å². The Labute approximate surface area is 165 Å². The van der Waals surface area contributed by atoms with Gasteiger partial charge in [0.1, 0.15) is 5.75 Å². The highest BCUT2D eigenvalue weighted by atomic mass is 32.2. The van der Waals surface area contributed by atoms with Gasteiger partial charge in [0.15, 0.2) is 6.61 Å². The van der Waals surface area contributed by atoms with Crippen LogP contribution in [0, 0.1) is 11.3 Å². The molecule has 0 aliphatic heterocycles. The molecule has 28 heavy (non-hydrogen) atoms. The van der Waals surface area contributed by atoms with Crippen molar-refractivity contribution in [2.24, 2.45) is 0 Å². The van der Waals surface area contributed by atoms with Crippen molar-refractivity contribution in [3.05, 3.63) is 59.7 Å². The molecule has 0 heterocycles. The summed E-state index contributed by atoms with van der Waals surface area (Å²) in [5.74, 6) is 0.198. The molecular formula is C20H23N3O4S. The van der Waals surface area contributed by atoms with Crippen molar-refractivity contribution in [3.8, 4) is 11.8 Å². The Bertz CT molecular complexity index is 929. The SMILES string of the molecule is CCN(CC)S(=O)(=O)c1ccc(CNC(=O)COc2ccc(C#N)cc2)cc1. The fourth-order valence-electron chi connectivity index (χ4n) is 2.52. The molecule has 0 saturated carbocycles. The lowest BCUT2D eigenvalue weighted by Gasteiger charge is -2.18. The van der Waals surface area contributed by atoms with Gasteiger partial charge in [-0.1, -0.05) is 26.0 Å². The third kappa shape index (κ3) is 5.55. The normalized spacial score (nSPS) is 11.1. The number of benzene rings is 2. The Balaban J connectivity index is 1.87. The summed E-state index contributed by atoms with van der Waals surface area (Å²) < 4.78 is 31.7. The lowest BCUT2D eigenvalue weighted by atomic mass is 10.2. The Kier molecular flexibility index (Phi) is 7.55. The first-order chi connectivity index (χ1) is 13.4. The summed E-state index contributed by atoms with van der Waals surface area (Å²) in [4.78, 5) is 12.1. The van der Waals surface area contributed by atoms with E-state index in [0.29, 0.717) is 24.4 Å². The average molecular weight is 401 g/mol. The number of hydrogen-bond donors (Lipinski definition) is 1. The molecule has 0 radical (unpaired) electrons. The lowest BCUT2D eigenvalue weighted by Crippen LogP contribution is -2.30. The van der Waals surface area contributed by atoms with Crippen LogP contribution in [0.25, 0.3) is 0 Å². The molecule has 0 aliphatic carbocycles. The number of carbonyl (C=O) groups is 1. The third-order valence-electron chi connectivity index (χ3n) is 4.11. The van der Waals surface area contributed by atoms with Gasteiger partial charge < -0.3 is 10.1 Å². The van der Waals surface area contributed by atoms with Crippen LogP contribution in [0.4, 0.5) is 0 Å². The van der Waals surface area contributed by atoms with E-state index in [-0.39, 0.29) is 24.0 Å². The number of ether oxygens (including phenoxy) is 1. The minimum absolute atomic E-state index is 0.152. The molecule has 0 bridgehead atoms. The van der Waals surface area contributed by atoms with Gasteiger partial charge in [0, 0.05) is 19.6 Å². The molecule has 2 aromatic carbocycles. The van der Waals surface area contributed by atoms with E-state index in [2.05, 4.69) is 5.32 Å². The first-order valence-corrected chi connectivity index (χ1v) is 10.3. The zero-order chi connectivity index (χ0) is 20.6. The van der Waals surface area contributed by atoms with Crippen molar-refractivity contribution < 1.29 is 17.9 Å². The third-order valence-corrected chi connectivity index (χ3v) is 6.17. The van der Waals surface area contributed by atoms with Crippen LogP contribution in [0.15, 0.2) is 53.4 Å². The maximum Gasteiger partial charge on any atom is 0.258 e. The predicted octanol–water partition coefficient (Wildman–Crippen LogP) is 2.28. The minimum atomic E-state index is -3.49. The smallest absolute Gasteiger partial charge is 0.258 e. The highest BCUT2D eigenvalue weighted by Crippen LogP contribution is 2.16. The van der Waals surface area contributed by atoms with Crippen LogP contribution in [0.3, 0.4) is 0 Å². The molecule has 0 aromatic heterocycles. The van der Waals surface area contributed by atoms with Crippen molar-refractivity contribution >= 4 is 15.9 Å². The van der Waals surface area contributed by atoms with Crippen molar-refractivity contribution in [1.29, 1.82) is 5.26 Å². The maximum absolute atomic E-state index is 12.5. The molecule has 0 saturated heterocycles. The highest BCUT2D eigenvalue weighted by Gasteiger charge is 2.21. The molecule has 0 aliphatic rings. The summed E-state index contributed by atoms with van der Waals surface area (Å²) in [5, 5.41) is 11.5. The lowest BCUT2D eigenvalue weighted by molar-refractivity contribution is -0.123. The van der Waals surface area contributed by atoms with Crippen LogP contribution < -0.4 is 10.1 Å². The van der Waals surface area contributed by atoms with E-state index in [1.54, 1.807) is 62.4 Å². The van der Waals surface area contributed by atoms with Gasteiger partial charge in [-0.25, -0.2) is 8.42 Å². The highest BCUT2D eigenvalue weighted by molar-refractivity contribution is 7.89. The number of amides is 1. The molecule has 0 fully saturated rings. The van der Waals surface area contributed by atoms with Crippen LogP contribution in [0.2, 0.25) is 0 Å². The van der Waals surface area contributed by atoms with Gasteiger partial charge in [0.2, 0.25) is 10.0 Å². The van der Waals surface area contributed by atoms with Gasteiger partial charge in [-0.05, 0) is 42.0 Å². The van der Waals surface area contributed by atoms with Crippen LogP contribution in [0.5, 0.6) is 5.75 Å². The van der Waals surface area contributed by atoms with Crippen molar-refractivity contribution in [2.75, 3.05) is 19.7 Å². The fourth-order valence-corrected chi connectivity index (χ4v) is 3.98. The molecule has 0 atom stereocenters. The van der Waals surface area contributed by atoms with E-state index < -0.39 is 10.0 Å². The predicted molar refractivity (Wildman–Crippen MR) is 105 cm³/mol. The van der Waals surface area contributed by atoms with E-state index in [9.17, 15) is 13.2 Å². The molecule has 2 aromatic rings. The first kappa shape index (κ1) is 21.4. The second-order valence-electron chi connectivity index (χ2n) is 5.93. The molecule has 2 rings (SSSR count). The molecule has 0 unspecified atom stereocenters.